The third-order valence-electron chi connectivity index (χ3n) is 3.01. The number of benzene rings is 1. The molecule has 1 nitrogen and oxygen atoms in total. The molecule has 0 amide bonds. The van der Waals surface area contributed by atoms with E-state index in [4.69, 9.17) is 11.6 Å². The maximum atomic E-state index is 6.02. The molecule has 1 aliphatic rings. The van der Waals surface area contributed by atoms with Crippen LogP contribution in [0.15, 0.2) is 22.7 Å². The van der Waals surface area contributed by atoms with Crippen LogP contribution in [0.3, 0.4) is 0 Å². The number of hydrogen-bond donors (Lipinski definition) is 1. The fourth-order valence-corrected chi connectivity index (χ4v) is 2.51. The van der Waals surface area contributed by atoms with Crippen molar-refractivity contribution in [2.75, 3.05) is 6.54 Å². The lowest BCUT2D eigenvalue weighted by Crippen LogP contribution is -2.23. The zero-order chi connectivity index (χ0) is 11.5. The second-order valence-corrected chi connectivity index (χ2v) is 5.70. The fourth-order valence-electron chi connectivity index (χ4n) is 1.99. The standard InChI is InChI=1S/C13H17BrClN/c1-2-7-16-13(9-3-4-9)10-5-6-12(15)11(14)8-10/h5-6,8-9,13,16H,2-4,7H2,1H3. The van der Waals surface area contributed by atoms with E-state index < -0.39 is 0 Å². The first-order valence-corrected chi connectivity index (χ1v) is 7.07. The van der Waals surface area contributed by atoms with E-state index in [1.165, 1.54) is 24.8 Å². The van der Waals surface area contributed by atoms with Gasteiger partial charge in [-0.05, 0) is 65.4 Å². The summed E-state index contributed by atoms with van der Waals surface area (Å²) in [6, 6.07) is 6.77. The first kappa shape index (κ1) is 12.4. The molecule has 0 saturated heterocycles. The lowest BCUT2D eigenvalue weighted by Gasteiger charge is -2.19. The van der Waals surface area contributed by atoms with Gasteiger partial charge in [-0.3, -0.25) is 0 Å². The third-order valence-corrected chi connectivity index (χ3v) is 4.22. The molecule has 0 aromatic heterocycles. The van der Waals surface area contributed by atoms with Crippen LogP contribution < -0.4 is 5.32 Å². The minimum Gasteiger partial charge on any atom is -0.310 e. The zero-order valence-corrected chi connectivity index (χ0v) is 11.8. The van der Waals surface area contributed by atoms with Crippen molar-refractivity contribution in [3.63, 3.8) is 0 Å². The molecule has 1 aliphatic carbocycles. The van der Waals surface area contributed by atoms with Gasteiger partial charge in [0.15, 0.2) is 0 Å². The van der Waals surface area contributed by atoms with E-state index in [1.807, 2.05) is 6.07 Å². The van der Waals surface area contributed by atoms with Crippen LogP contribution in [0.25, 0.3) is 0 Å². The summed E-state index contributed by atoms with van der Waals surface area (Å²) in [5.41, 5.74) is 1.35. The maximum absolute atomic E-state index is 6.02. The van der Waals surface area contributed by atoms with Gasteiger partial charge in [0, 0.05) is 10.5 Å². The van der Waals surface area contributed by atoms with Crippen LogP contribution in [0.4, 0.5) is 0 Å². The molecule has 3 heteroatoms. The fraction of sp³-hybridized carbons (Fsp3) is 0.538. The molecule has 0 radical (unpaired) electrons. The summed E-state index contributed by atoms with van der Waals surface area (Å²) >= 11 is 9.51. The Hall–Kier alpha value is -0.0500. The van der Waals surface area contributed by atoms with Crippen molar-refractivity contribution in [1.82, 2.24) is 5.32 Å². The highest BCUT2D eigenvalue weighted by Gasteiger charge is 2.31. The molecule has 1 unspecified atom stereocenters. The molecule has 0 heterocycles. The lowest BCUT2D eigenvalue weighted by molar-refractivity contribution is 0.481. The van der Waals surface area contributed by atoms with Gasteiger partial charge in [0.05, 0.1) is 5.02 Å². The molecule has 2 rings (SSSR count). The van der Waals surface area contributed by atoms with Gasteiger partial charge < -0.3 is 5.32 Å². The lowest BCUT2D eigenvalue weighted by atomic mass is 10.0. The Morgan fingerprint density at radius 3 is 2.81 bits per heavy atom. The van der Waals surface area contributed by atoms with Crippen LogP contribution in [-0.2, 0) is 0 Å². The Labute approximate surface area is 111 Å². The molecule has 1 aromatic rings. The molecular formula is C13H17BrClN. The smallest absolute Gasteiger partial charge is 0.0548 e. The summed E-state index contributed by atoms with van der Waals surface area (Å²) in [5, 5.41) is 4.42. The van der Waals surface area contributed by atoms with E-state index in [2.05, 4.69) is 40.3 Å². The number of nitrogens with one attached hydrogen (secondary N) is 1. The molecule has 1 aromatic carbocycles. The molecule has 1 atom stereocenters. The minimum atomic E-state index is 0.508. The zero-order valence-electron chi connectivity index (χ0n) is 9.47. The first-order chi connectivity index (χ1) is 7.72. The molecule has 88 valence electrons. The van der Waals surface area contributed by atoms with Gasteiger partial charge in [-0.25, -0.2) is 0 Å². The topological polar surface area (TPSA) is 12.0 Å². The maximum Gasteiger partial charge on any atom is 0.0548 e. The predicted molar refractivity (Wildman–Crippen MR) is 72.9 cm³/mol. The Kier molecular flexibility index (Phi) is 4.28. The Morgan fingerprint density at radius 1 is 1.50 bits per heavy atom. The summed E-state index contributed by atoms with van der Waals surface area (Å²) < 4.78 is 0.996. The normalized spacial score (nSPS) is 17.4. The highest BCUT2D eigenvalue weighted by molar-refractivity contribution is 9.10. The van der Waals surface area contributed by atoms with Crippen molar-refractivity contribution < 1.29 is 0 Å². The summed E-state index contributed by atoms with van der Waals surface area (Å²) in [6.07, 6.45) is 3.88. The van der Waals surface area contributed by atoms with E-state index in [1.54, 1.807) is 0 Å². The summed E-state index contributed by atoms with van der Waals surface area (Å²) in [7, 11) is 0. The van der Waals surface area contributed by atoms with Crippen LogP contribution in [0.5, 0.6) is 0 Å². The third kappa shape index (κ3) is 2.99. The van der Waals surface area contributed by atoms with E-state index in [-0.39, 0.29) is 0 Å². The highest BCUT2D eigenvalue weighted by atomic mass is 79.9. The Morgan fingerprint density at radius 2 is 2.25 bits per heavy atom. The van der Waals surface area contributed by atoms with Crippen molar-refractivity contribution in [3.8, 4) is 0 Å². The highest BCUT2D eigenvalue weighted by Crippen LogP contribution is 2.42. The minimum absolute atomic E-state index is 0.508. The van der Waals surface area contributed by atoms with Gasteiger partial charge in [-0.2, -0.15) is 0 Å². The van der Waals surface area contributed by atoms with Gasteiger partial charge in [0.1, 0.15) is 0 Å². The predicted octanol–water partition coefficient (Wildman–Crippen LogP) is 4.55. The van der Waals surface area contributed by atoms with Crippen LogP contribution in [0, 0.1) is 5.92 Å². The van der Waals surface area contributed by atoms with Crippen molar-refractivity contribution in [2.24, 2.45) is 5.92 Å². The summed E-state index contributed by atoms with van der Waals surface area (Å²) in [5.74, 6) is 0.819. The summed E-state index contributed by atoms with van der Waals surface area (Å²) in [6.45, 7) is 3.29. The molecular weight excluding hydrogens is 286 g/mol. The SMILES string of the molecule is CCCNC(c1ccc(Cl)c(Br)c1)C1CC1. The first-order valence-electron chi connectivity index (χ1n) is 5.90. The molecule has 1 saturated carbocycles. The van der Waals surface area contributed by atoms with Crippen molar-refractivity contribution in [1.29, 1.82) is 0 Å². The molecule has 1 fully saturated rings. The van der Waals surface area contributed by atoms with Crippen molar-refractivity contribution in [2.45, 2.75) is 32.2 Å². The van der Waals surface area contributed by atoms with Gasteiger partial charge in [0.25, 0.3) is 0 Å². The molecule has 0 spiro atoms. The van der Waals surface area contributed by atoms with Crippen LogP contribution in [-0.4, -0.2) is 6.54 Å². The molecule has 0 bridgehead atoms. The number of hydrogen-bond acceptors (Lipinski definition) is 1. The van der Waals surface area contributed by atoms with Gasteiger partial charge >= 0.3 is 0 Å². The number of halogens is 2. The largest absolute Gasteiger partial charge is 0.310 e. The molecule has 1 N–H and O–H groups in total. The van der Waals surface area contributed by atoms with Gasteiger partial charge in [-0.15, -0.1) is 0 Å². The van der Waals surface area contributed by atoms with Gasteiger partial charge in [-0.1, -0.05) is 24.6 Å². The Balaban J connectivity index is 2.14. The second kappa shape index (κ2) is 5.52. The quantitative estimate of drug-likeness (QED) is 0.841. The van der Waals surface area contributed by atoms with Crippen molar-refractivity contribution in [3.05, 3.63) is 33.3 Å². The average molecular weight is 303 g/mol. The molecule has 0 aliphatic heterocycles. The number of rotatable bonds is 5. The van der Waals surface area contributed by atoms with Crippen LogP contribution in [0.2, 0.25) is 5.02 Å². The van der Waals surface area contributed by atoms with Crippen LogP contribution >= 0.6 is 27.5 Å². The Bertz CT molecular complexity index is 363. The average Bonchev–Trinajstić information content (AvgIpc) is 3.08. The van der Waals surface area contributed by atoms with E-state index in [0.29, 0.717) is 6.04 Å². The van der Waals surface area contributed by atoms with Crippen LogP contribution in [0.1, 0.15) is 37.8 Å². The molecule has 16 heavy (non-hydrogen) atoms. The summed E-state index contributed by atoms with van der Waals surface area (Å²) in [4.78, 5) is 0. The van der Waals surface area contributed by atoms with Crippen molar-refractivity contribution >= 4 is 27.5 Å². The van der Waals surface area contributed by atoms with Gasteiger partial charge in [0.2, 0.25) is 0 Å². The monoisotopic (exact) mass is 301 g/mol. The van der Waals surface area contributed by atoms with E-state index in [9.17, 15) is 0 Å². The second-order valence-electron chi connectivity index (χ2n) is 4.44. The van der Waals surface area contributed by atoms with E-state index >= 15 is 0 Å². The van der Waals surface area contributed by atoms with E-state index in [0.717, 1.165) is 22.0 Å².